The zero-order valence-corrected chi connectivity index (χ0v) is 12.9. The Hall–Kier alpha value is -0.290. The highest BCUT2D eigenvalue weighted by Crippen LogP contribution is 2.50. The number of hydrogen-bond donors (Lipinski definition) is 0. The minimum Gasteiger partial charge on any atom is -0.309 e. The molecule has 0 saturated carbocycles. The first kappa shape index (κ1) is 17.7. The molecule has 0 fully saturated rings. The molecule has 0 bridgehead atoms. The molecule has 0 aliphatic heterocycles. The molecule has 0 amide bonds. The minimum absolute atomic E-state index is 0.455. The summed E-state index contributed by atoms with van der Waals surface area (Å²) in [7, 11) is -3.00. The van der Waals surface area contributed by atoms with E-state index in [-0.39, 0.29) is 0 Å². The van der Waals surface area contributed by atoms with Gasteiger partial charge in [-0.2, -0.15) is 0 Å². The van der Waals surface area contributed by atoms with Gasteiger partial charge in [0.1, 0.15) is 6.10 Å². The van der Waals surface area contributed by atoms with Gasteiger partial charge in [-0.3, -0.25) is 9.09 Å². The highest BCUT2D eigenvalue weighted by Gasteiger charge is 2.25. The van der Waals surface area contributed by atoms with Gasteiger partial charge in [0.25, 0.3) is 0 Å². The Bertz CT molecular complexity index is 283. The number of rotatable bonds is 11. The van der Waals surface area contributed by atoms with Crippen molar-refractivity contribution in [1.82, 2.24) is 0 Å². The quantitative estimate of drug-likeness (QED) is 0.313. The van der Waals surface area contributed by atoms with Crippen LogP contribution in [0.4, 0.5) is 0 Å². The van der Waals surface area contributed by atoms with Gasteiger partial charge in [0.2, 0.25) is 0 Å². The summed E-state index contributed by atoms with van der Waals surface area (Å²) in [6, 6.07) is 0. The fourth-order valence-electron chi connectivity index (χ4n) is 1.50. The fourth-order valence-corrected chi connectivity index (χ4v) is 3.45. The van der Waals surface area contributed by atoms with E-state index in [1.165, 1.54) is 12.8 Å². The Morgan fingerprint density at radius 2 is 1.83 bits per heavy atom. The van der Waals surface area contributed by atoms with Gasteiger partial charge in [-0.25, -0.2) is 0 Å². The van der Waals surface area contributed by atoms with E-state index in [2.05, 4.69) is 19.8 Å². The zero-order chi connectivity index (χ0) is 13.9. The number of hydrogen-bond acceptors (Lipinski definition) is 3. The molecule has 0 aromatic carbocycles. The highest BCUT2D eigenvalue weighted by atomic mass is 31.2. The lowest BCUT2D eigenvalue weighted by atomic mass is 10.2. The molecule has 106 valence electrons. The van der Waals surface area contributed by atoms with Gasteiger partial charge in [0, 0.05) is 0 Å². The number of unbranched alkanes of at least 4 members (excludes halogenated alkanes) is 4. The van der Waals surface area contributed by atoms with Crippen LogP contribution in [-0.2, 0) is 13.6 Å². The van der Waals surface area contributed by atoms with Gasteiger partial charge in [0.05, 0.1) is 12.8 Å². The third kappa shape index (κ3) is 8.75. The summed E-state index contributed by atoms with van der Waals surface area (Å²) in [4.78, 5) is 0. The molecular formula is C14H27O3P. The van der Waals surface area contributed by atoms with Crippen LogP contribution >= 0.6 is 7.60 Å². The second-order valence-electron chi connectivity index (χ2n) is 4.50. The van der Waals surface area contributed by atoms with Crippen molar-refractivity contribution in [3.05, 3.63) is 0 Å². The summed E-state index contributed by atoms with van der Waals surface area (Å²) in [5.41, 5.74) is 0. The molecule has 3 nitrogen and oxygen atoms in total. The van der Waals surface area contributed by atoms with Gasteiger partial charge in [0.15, 0.2) is 0 Å². The van der Waals surface area contributed by atoms with Crippen LogP contribution in [0.2, 0.25) is 0 Å². The van der Waals surface area contributed by atoms with Gasteiger partial charge in [-0.05, 0) is 19.8 Å². The summed E-state index contributed by atoms with van der Waals surface area (Å²) >= 11 is 0. The highest BCUT2D eigenvalue weighted by molar-refractivity contribution is 7.53. The van der Waals surface area contributed by atoms with E-state index in [1.807, 2.05) is 0 Å². The topological polar surface area (TPSA) is 35.5 Å². The lowest BCUT2D eigenvalue weighted by Gasteiger charge is -2.20. The predicted molar refractivity (Wildman–Crippen MR) is 76.9 cm³/mol. The van der Waals surface area contributed by atoms with Crippen LogP contribution in [0.15, 0.2) is 0 Å². The number of terminal acetylenes is 1. The summed E-state index contributed by atoms with van der Waals surface area (Å²) in [6.07, 6.45) is 11.5. The summed E-state index contributed by atoms with van der Waals surface area (Å²) in [5.74, 6) is 2.43. The van der Waals surface area contributed by atoms with Crippen molar-refractivity contribution in [2.75, 3.05) is 12.8 Å². The van der Waals surface area contributed by atoms with Crippen LogP contribution in [0.25, 0.3) is 0 Å². The normalized spacial score (nSPS) is 15.9. The molecule has 0 N–H and O–H groups in total. The van der Waals surface area contributed by atoms with Crippen molar-refractivity contribution in [3.63, 3.8) is 0 Å². The molecule has 0 aromatic heterocycles. The van der Waals surface area contributed by atoms with Crippen LogP contribution in [0.5, 0.6) is 0 Å². The predicted octanol–water partition coefficient (Wildman–Crippen LogP) is 4.61. The second kappa shape index (κ2) is 10.6. The largest absolute Gasteiger partial charge is 0.331 e. The van der Waals surface area contributed by atoms with E-state index in [0.29, 0.717) is 12.8 Å². The van der Waals surface area contributed by atoms with E-state index in [9.17, 15) is 4.57 Å². The first-order valence-electron chi connectivity index (χ1n) is 6.96. The minimum atomic E-state index is -3.00. The second-order valence-corrected chi connectivity index (χ2v) is 6.63. The van der Waals surface area contributed by atoms with Crippen LogP contribution < -0.4 is 0 Å². The van der Waals surface area contributed by atoms with Crippen molar-refractivity contribution in [2.24, 2.45) is 0 Å². The molecule has 0 rings (SSSR count). The third-order valence-corrected chi connectivity index (χ3v) is 4.70. The molecule has 2 atom stereocenters. The van der Waals surface area contributed by atoms with Crippen LogP contribution in [-0.4, -0.2) is 18.9 Å². The fraction of sp³-hybridized carbons (Fsp3) is 0.857. The molecule has 0 aromatic rings. The smallest absolute Gasteiger partial charge is 0.309 e. The molecule has 0 radical (unpaired) electrons. The van der Waals surface area contributed by atoms with Crippen LogP contribution in [0, 0.1) is 12.3 Å². The summed E-state index contributed by atoms with van der Waals surface area (Å²) in [6.45, 7) is 6.43. The van der Waals surface area contributed by atoms with Gasteiger partial charge >= 0.3 is 7.60 Å². The first-order valence-corrected chi connectivity index (χ1v) is 8.69. The van der Waals surface area contributed by atoms with Gasteiger partial charge < -0.3 is 4.52 Å². The first-order chi connectivity index (χ1) is 8.58. The summed E-state index contributed by atoms with van der Waals surface area (Å²) < 4.78 is 23.3. The lowest BCUT2D eigenvalue weighted by molar-refractivity contribution is 0.183. The van der Waals surface area contributed by atoms with Gasteiger partial charge in [-0.15, -0.1) is 6.42 Å². The van der Waals surface area contributed by atoms with Crippen molar-refractivity contribution in [1.29, 1.82) is 0 Å². The average Bonchev–Trinajstić information content (AvgIpc) is 2.36. The maximum Gasteiger partial charge on any atom is 0.331 e. The maximum atomic E-state index is 12.4. The van der Waals surface area contributed by atoms with E-state index < -0.39 is 13.7 Å². The monoisotopic (exact) mass is 274 g/mol. The van der Waals surface area contributed by atoms with E-state index in [1.54, 1.807) is 6.92 Å². The van der Waals surface area contributed by atoms with Crippen molar-refractivity contribution in [2.45, 2.75) is 65.4 Å². The van der Waals surface area contributed by atoms with Crippen molar-refractivity contribution >= 4 is 7.60 Å². The third-order valence-electron chi connectivity index (χ3n) is 2.62. The van der Waals surface area contributed by atoms with Crippen molar-refractivity contribution < 1.29 is 13.6 Å². The SMILES string of the molecule is C#CC(C)OP(=O)(CCCC)OCCCCCC. The Labute approximate surface area is 112 Å². The summed E-state index contributed by atoms with van der Waals surface area (Å²) in [5, 5.41) is 0. The maximum absolute atomic E-state index is 12.4. The average molecular weight is 274 g/mol. The lowest BCUT2D eigenvalue weighted by Crippen LogP contribution is -2.08. The molecule has 0 saturated heterocycles. The molecule has 2 unspecified atom stereocenters. The van der Waals surface area contributed by atoms with Crippen LogP contribution in [0.1, 0.15) is 59.3 Å². The molecule has 18 heavy (non-hydrogen) atoms. The van der Waals surface area contributed by atoms with E-state index >= 15 is 0 Å². The molecule has 4 heteroatoms. The molecule has 0 spiro atoms. The van der Waals surface area contributed by atoms with Gasteiger partial charge in [-0.1, -0.05) is 45.5 Å². The Morgan fingerprint density at radius 3 is 2.39 bits per heavy atom. The molecule has 0 heterocycles. The van der Waals surface area contributed by atoms with E-state index in [0.717, 1.165) is 25.7 Å². The molecule has 0 aliphatic rings. The molecular weight excluding hydrogens is 247 g/mol. The molecule has 0 aliphatic carbocycles. The Balaban J connectivity index is 4.13. The Kier molecular flexibility index (Phi) is 10.4. The Morgan fingerprint density at radius 1 is 1.17 bits per heavy atom. The van der Waals surface area contributed by atoms with Crippen LogP contribution in [0.3, 0.4) is 0 Å². The van der Waals surface area contributed by atoms with E-state index in [4.69, 9.17) is 15.5 Å². The zero-order valence-electron chi connectivity index (χ0n) is 12.0. The standard InChI is InChI=1S/C14H27O3P/c1-5-8-10-11-12-16-18(15,13-9-6-2)17-14(4)7-3/h3,14H,5-6,8-13H2,1-2,4H3. The van der Waals surface area contributed by atoms with Crippen molar-refractivity contribution in [3.8, 4) is 12.3 Å².